The Morgan fingerprint density at radius 3 is 2.46 bits per heavy atom. The number of hydrogen-bond donors (Lipinski definition) is 0. The highest BCUT2D eigenvalue weighted by Gasteiger charge is 2.46. The lowest BCUT2D eigenvalue weighted by Gasteiger charge is -2.47. The molecular formula is C37H46F2N6O5. The van der Waals surface area contributed by atoms with Crippen molar-refractivity contribution in [3.05, 3.63) is 65.6 Å². The van der Waals surface area contributed by atoms with Crippen molar-refractivity contribution >= 4 is 17.8 Å². The Morgan fingerprint density at radius 1 is 1.04 bits per heavy atom. The van der Waals surface area contributed by atoms with Gasteiger partial charge in [-0.1, -0.05) is 0 Å². The summed E-state index contributed by atoms with van der Waals surface area (Å²) >= 11 is 0. The molecule has 50 heavy (non-hydrogen) atoms. The molecule has 4 heterocycles. The Morgan fingerprint density at radius 2 is 1.78 bits per heavy atom. The largest absolute Gasteiger partial charge is 0.490 e. The van der Waals surface area contributed by atoms with E-state index in [2.05, 4.69) is 19.9 Å². The fourth-order valence-electron chi connectivity index (χ4n) is 6.95. The number of benzene rings is 1. The number of amides is 2. The molecule has 13 heteroatoms. The first kappa shape index (κ1) is 35.3. The average molecular weight is 693 g/mol. The van der Waals surface area contributed by atoms with Crippen LogP contribution in [0, 0.1) is 5.82 Å². The predicted octanol–water partition coefficient (Wildman–Crippen LogP) is 6.89. The number of halogens is 2. The molecule has 0 spiro atoms. The quantitative estimate of drug-likeness (QED) is 0.249. The van der Waals surface area contributed by atoms with Crippen LogP contribution in [0.5, 0.6) is 17.2 Å². The molecule has 0 radical (unpaired) electrons. The maximum Gasteiger partial charge on any atom is 0.410 e. The number of anilines is 1. The highest BCUT2D eigenvalue weighted by Crippen LogP contribution is 2.41. The fraction of sp³-hybridized carbons (Fsp3) is 0.541. The summed E-state index contributed by atoms with van der Waals surface area (Å²) in [5.41, 5.74) is -0.0348. The van der Waals surface area contributed by atoms with E-state index in [1.807, 2.05) is 40.7 Å². The van der Waals surface area contributed by atoms with E-state index in [4.69, 9.17) is 14.2 Å². The molecule has 1 aromatic carbocycles. The molecule has 11 nitrogen and oxygen atoms in total. The second kappa shape index (κ2) is 14.0. The van der Waals surface area contributed by atoms with E-state index in [1.165, 1.54) is 31.6 Å². The molecular weight excluding hydrogens is 646 g/mol. The third kappa shape index (κ3) is 7.92. The summed E-state index contributed by atoms with van der Waals surface area (Å²) in [6, 6.07) is 5.18. The van der Waals surface area contributed by atoms with Crippen LogP contribution in [-0.2, 0) is 17.7 Å². The van der Waals surface area contributed by atoms with E-state index < -0.39 is 23.0 Å². The first-order chi connectivity index (χ1) is 23.7. The lowest BCUT2D eigenvalue weighted by atomic mass is 9.77. The molecule has 3 aromatic rings. The highest BCUT2D eigenvalue weighted by atomic mass is 19.1. The molecule has 2 aromatic heterocycles. The number of carbonyl (C=O) groups excluding carboxylic acids is 2. The highest BCUT2D eigenvalue weighted by molar-refractivity contribution is 5.97. The van der Waals surface area contributed by atoms with E-state index in [9.17, 15) is 18.4 Å². The van der Waals surface area contributed by atoms with Crippen LogP contribution in [0.25, 0.3) is 0 Å². The standard InChI is InChI=1S/C37H46F2N6O5/c1-23(2)45(25-18-37(6,39)19-25)34(46)27-17-24(38)7-8-30(27)49-32-20-40-22-42-33(32)43-14-10-26(11-15-43)48-31-9-13-41-29-12-16-44(21-28(29)31)35(47)50-36(3,4)5/h7-9,13,17,20,22-23,25-26H,10-12,14-16,18-19,21H2,1-6H3. The minimum Gasteiger partial charge on any atom is -0.490 e. The molecule has 268 valence electrons. The van der Waals surface area contributed by atoms with Gasteiger partial charge in [0.2, 0.25) is 0 Å². The summed E-state index contributed by atoms with van der Waals surface area (Å²) < 4.78 is 47.4. The van der Waals surface area contributed by atoms with Crippen LogP contribution in [-0.4, -0.2) is 85.8 Å². The summed E-state index contributed by atoms with van der Waals surface area (Å²) in [5, 5.41) is 0. The van der Waals surface area contributed by atoms with Gasteiger partial charge >= 0.3 is 6.09 Å². The molecule has 0 bridgehead atoms. The van der Waals surface area contributed by atoms with Crippen molar-refractivity contribution in [2.24, 2.45) is 0 Å². The van der Waals surface area contributed by atoms with Gasteiger partial charge in [0.05, 0.1) is 24.0 Å². The van der Waals surface area contributed by atoms with Gasteiger partial charge in [0, 0.05) is 75.6 Å². The summed E-state index contributed by atoms with van der Waals surface area (Å²) in [5.74, 6) is 0.764. The van der Waals surface area contributed by atoms with Gasteiger partial charge < -0.3 is 28.9 Å². The van der Waals surface area contributed by atoms with E-state index in [-0.39, 0.29) is 48.4 Å². The molecule has 0 N–H and O–H groups in total. The van der Waals surface area contributed by atoms with E-state index in [1.54, 1.807) is 16.0 Å². The number of fused-ring (bicyclic) bond motifs is 1. The van der Waals surface area contributed by atoms with Crippen LogP contribution in [0.15, 0.2) is 43.0 Å². The maximum absolute atomic E-state index is 14.5. The van der Waals surface area contributed by atoms with Gasteiger partial charge in [-0.25, -0.2) is 23.5 Å². The van der Waals surface area contributed by atoms with Gasteiger partial charge in [0.15, 0.2) is 11.6 Å². The van der Waals surface area contributed by atoms with Crippen molar-refractivity contribution in [3.63, 3.8) is 0 Å². The number of hydrogen-bond acceptors (Lipinski definition) is 9. The van der Waals surface area contributed by atoms with Crippen molar-refractivity contribution < 1.29 is 32.6 Å². The SMILES string of the molecule is CC(C)N(C(=O)c1cc(F)ccc1Oc1cncnc1N1CCC(Oc2ccnc3c2CN(C(=O)OC(C)(C)C)CC3)CC1)C1CC(C)(F)C1. The number of rotatable bonds is 8. The molecule has 2 amide bonds. The lowest BCUT2D eigenvalue weighted by molar-refractivity contribution is -0.0187. The number of alkyl halides is 1. The zero-order valence-electron chi connectivity index (χ0n) is 29.6. The van der Waals surface area contributed by atoms with Crippen molar-refractivity contribution in [1.82, 2.24) is 24.8 Å². The second-order valence-corrected chi connectivity index (χ2v) is 14.9. The summed E-state index contributed by atoms with van der Waals surface area (Å²) in [6.45, 7) is 12.9. The van der Waals surface area contributed by atoms with Gasteiger partial charge in [-0.05, 0) is 65.8 Å². The fourth-order valence-corrected chi connectivity index (χ4v) is 6.95. The monoisotopic (exact) mass is 692 g/mol. The van der Waals surface area contributed by atoms with Crippen LogP contribution >= 0.6 is 0 Å². The van der Waals surface area contributed by atoms with Crippen molar-refractivity contribution in [3.8, 4) is 17.2 Å². The molecule has 0 unspecified atom stereocenters. The number of ether oxygens (including phenoxy) is 3. The third-order valence-corrected chi connectivity index (χ3v) is 9.31. The van der Waals surface area contributed by atoms with Crippen LogP contribution in [0.3, 0.4) is 0 Å². The molecule has 1 saturated heterocycles. The first-order valence-electron chi connectivity index (χ1n) is 17.3. The summed E-state index contributed by atoms with van der Waals surface area (Å²) in [7, 11) is 0. The molecule has 3 aliphatic rings. The second-order valence-electron chi connectivity index (χ2n) is 14.9. The molecule has 1 aliphatic carbocycles. The zero-order valence-corrected chi connectivity index (χ0v) is 29.6. The number of carbonyl (C=O) groups is 2. The molecule has 0 atom stereocenters. The van der Waals surface area contributed by atoms with Gasteiger partial charge in [-0.15, -0.1) is 0 Å². The van der Waals surface area contributed by atoms with Crippen molar-refractivity contribution in [2.45, 2.75) is 110 Å². The van der Waals surface area contributed by atoms with Crippen LogP contribution in [0.2, 0.25) is 0 Å². The molecule has 2 fully saturated rings. The molecule has 1 saturated carbocycles. The van der Waals surface area contributed by atoms with Crippen LogP contribution in [0.1, 0.15) is 88.8 Å². The number of nitrogens with zero attached hydrogens (tertiary/aromatic N) is 6. The van der Waals surface area contributed by atoms with E-state index >= 15 is 0 Å². The Hall–Kier alpha value is -4.55. The Bertz CT molecular complexity index is 1710. The Labute approximate surface area is 291 Å². The minimum absolute atomic E-state index is 0.0546. The lowest BCUT2D eigenvalue weighted by Crippen LogP contribution is -2.55. The van der Waals surface area contributed by atoms with Gasteiger partial charge in [-0.2, -0.15) is 0 Å². The molecule has 2 aliphatic heterocycles. The Kier molecular flexibility index (Phi) is 9.87. The third-order valence-electron chi connectivity index (χ3n) is 9.31. The zero-order chi connectivity index (χ0) is 35.8. The number of aromatic nitrogens is 3. The summed E-state index contributed by atoms with van der Waals surface area (Å²) in [6.07, 6.45) is 6.73. The predicted molar refractivity (Wildman–Crippen MR) is 183 cm³/mol. The maximum atomic E-state index is 14.5. The smallest absolute Gasteiger partial charge is 0.410 e. The van der Waals surface area contributed by atoms with Crippen LogP contribution < -0.4 is 14.4 Å². The van der Waals surface area contributed by atoms with E-state index in [0.29, 0.717) is 57.0 Å². The number of pyridine rings is 1. The topological polar surface area (TPSA) is 110 Å². The summed E-state index contributed by atoms with van der Waals surface area (Å²) in [4.78, 5) is 45.2. The normalized spacial score (nSPS) is 20.9. The molecule has 6 rings (SSSR count). The average Bonchev–Trinajstić information content (AvgIpc) is 3.04. The van der Waals surface area contributed by atoms with Gasteiger partial charge in [-0.3, -0.25) is 9.78 Å². The van der Waals surface area contributed by atoms with Gasteiger partial charge in [0.1, 0.15) is 41.0 Å². The van der Waals surface area contributed by atoms with Gasteiger partial charge in [0.25, 0.3) is 5.91 Å². The Balaban J connectivity index is 1.13. The van der Waals surface area contributed by atoms with Crippen LogP contribution in [0.4, 0.5) is 19.4 Å². The van der Waals surface area contributed by atoms with Crippen molar-refractivity contribution in [2.75, 3.05) is 24.5 Å². The van der Waals surface area contributed by atoms with Crippen molar-refractivity contribution in [1.29, 1.82) is 0 Å². The number of piperidine rings is 1. The first-order valence-corrected chi connectivity index (χ1v) is 17.3. The van der Waals surface area contributed by atoms with E-state index in [0.717, 1.165) is 23.1 Å². The minimum atomic E-state index is -1.32.